The Labute approximate surface area is 90.7 Å². The molecule has 0 amide bonds. The van der Waals surface area contributed by atoms with Gasteiger partial charge in [0.25, 0.3) is 0 Å². The largest absolute Gasteiger partial charge is 0.319 e. The van der Waals surface area contributed by atoms with Gasteiger partial charge in [0.1, 0.15) is 0 Å². The van der Waals surface area contributed by atoms with Crippen LogP contribution in [-0.4, -0.2) is 13.6 Å². The van der Waals surface area contributed by atoms with E-state index >= 15 is 0 Å². The van der Waals surface area contributed by atoms with Crippen LogP contribution in [0.15, 0.2) is 0 Å². The molecular formula is C13H29N. The van der Waals surface area contributed by atoms with E-state index in [2.05, 4.69) is 33.1 Å². The molecule has 14 heavy (non-hydrogen) atoms. The standard InChI is InChI=1S/C13H29N/c1-5-6-7-8-9-13(11-14-4)10-12(2)3/h12-14H,5-11H2,1-4H3. The van der Waals surface area contributed by atoms with Crippen LogP contribution in [-0.2, 0) is 0 Å². The van der Waals surface area contributed by atoms with E-state index in [1.54, 1.807) is 0 Å². The summed E-state index contributed by atoms with van der Waals surface area (Å²) in [5.74, 6) is 1.75. The van der Waals surface area contributed by atoms with Crippen LogP contribution in [0.4, 0.5) is 0 Å². The number of unbranched alkanes of at least 4 members (excludes halogenated alkanes) is 3. The zero-order valence-electron chi connectivity index (χ0n) is 10.6. The van der Waals surface area contributed by atoms with Crippen LogP contribution in [0, 0.1) is 11.8 Å². The van der Waals surface area contributed by atoms with Gasteiger partial charge in [-0.2, -0.15) is 0 Å². The zero-order valence-corrected chi connectivity index (χ0v) is 10.6. The summed E-state index contributed by atoms with van der Waals surface area (Å²) in [6.07, 6.45) is 8.41. The molecule has 0 fully saturated rings. The first-order valence-electron chi connectivity index (χ1n) is 6.35. The third kappa shape index (κ3) is 8.55. The second-order valence-electron chi connectivity index (χ2n) is 4.90. The van der Waals surface area contributed by atoms with Crippen molar-refractivity contribution in [2.24, 2.45) is 11.8 Å². The summed E-state index contributed by atoms with van der Waals surface area (Å²) in [5.41, 5.74) is 0. The van der Waals surface area contributed by atoms with E-state index in [9.17, 15) is 0 Å². The van der Waals surface area contributed by atoms with Gasteiger partial charge >= 0.3 is 0 Å². The average molecular weight is 199 g/mol. The molecule has 86 valence electrons. The lowest BCUT2D eigenvalue weighted by atomic mass is 9.92. The predicted octanol–water partition coefficient (Wildman–Crippen LogP) is 3.84. The highest BCUT2D eigenvalue weighted by molar-refractivity contribution is 4.63. The van der Waals surface area contributed by atoms with Crippen LogP contribution in [0.5, 0.6) is 0 Å². The molecule has 0 spiro atoms. The van der Waals surface area contributed by atoms with Crippen molar-refractivity contribution < 1.29 is 0 Å². The monoisotopic (exact) mass is 199 g/mol. The molecule has 0 aliphatic carbocycles. The topological polar surface area (TPSA) is 12.0 Å². The fraction of sp³-hybridized carbons (Fsp3) is 1.00. The number of hydrogen-bond acceptors (Lipinski definition) is 1. The van der Waals surface area contributed by atoms with Crippen molar-refractivity contribution >= 4 is 0 Å². The number of hydrogen-bond donors (Lipinski definition) is 1. The highest BCUT2D eigenvalue weighted by Gasteiger charge is 2.09. The molecule has 0 bridgehead atoms. The minimum absolute atomic E-state index is 0.847. The second-order valence-corrected chi connectivity index (χ2v) is 4.90. The van der Waals surface area contributed by atoms with Crippen LogP contribution in [0.25, 0.3) is 0 Å². The highest BCUT2D eigenvalue weighted by atomic mass is 14.8. The fourth-order valence-corrected chi connectivity index (χ4v) is 2.12. The van der Waals surface area contributed by atoms with Crippen molar-refractivity contribution in [1.82, 2.24) is 5.32 Å². The molecule has 0 saturated carbocycles. The van der Waals surface area contributed by atoms with Crippen molar-refractivity contribution in [1.29, 1.82) is 0 Å². The van der Waals surface area contributed by atoms with E-state index in [-0.39, 0.29) is 0 Å². The van der Waals surface area contributed by atoms with E-state index in [1.807, 2.05) is 0 Å². The first-order chi connectivity index (χ1) is 6.70. The van der Waals surface area contributed by atoms with Gasteiger partial charge in [0.2, 0.25) is 0 Å². The smallest absolute Gasteiger partial charge is 0.00234 e. The average Bonchev–Trinajstić information content (AvgIpc) is 2.12. The Balaban J connectivity index is 3.51. The van der Waals surface area contributed by atoms with Crippen molar-refractivity contribution in [3.63, 3.8) is 0 Å². The van der Waals surface area contributed by atoms with Crippen LogP contribution >= 0.6 is 0 Å². The van der Waals surface area contributed by atoms with E-state index in [0.717, 1.165) is 11.8 Å². The molecule has 1 unspecified atom stereocenters. The molecule has 0 aromatic rings. The summed E-state index contributed by atoms with van der Waals surface area (Å²) in [5, 5.41) is 3.31. The molecule has 0 aromatic heterocycles. The van der Waals surface area contributed by atoms with Gasteiger partial charge < -0.3 is 5.32 Å². The first-order valence-corrected chi connectivity index (χ1v) is 6.35. The molecule has 1 N–H and O–H groups in total. The molecule has 1 nitrogen and oxygen atoms in total. The summed E-state index contributed by atoms with van der Waals surface area (Å²) >= 11 is 0. The van der Waals surface area contributed by atoms with Crippen molar-refractivity contribution in [3.8, 4) is 0 Å². The Morgan fingerprint density at radius 1 is 1.07 bits per heavy atom. The molecule has 0 radical (unpaired) electrons. The van der Waals surface area contributed by atoms with Gasteiger partial charge in [-0.25, -0.2) is 0 Å². The Hall–Kier alpha value is -0.0400. The van der Waals surface area contributed by atoms with Crippen LogP contribution < -0.4 is 5.32 Å². The third-order valence-electron chi connectivity index (χ3n) is 2.76. The minimum atomic E-state index is 0.847. The van der Waals surface area contributed by atoms with Crippen LogP contribution in [0.2, 0.25) is 0 Å². The van der Waals surface area contributed by atoms with E-state index < -0.39 is 0 Å². The summed E-state index contributed by atoms with van der Waals surface area (Å²) in [6, 6.07) is 0. The lowest BCUT2D eigenvalue weighted by Gasteiger charge is -2.18. The van der Waals surface area contributed by atoms with Crippen LogP contribution in [0.1, 0.15) is 59.3 Å². The highest BCUT2D eigenvalue weighted by Crippen LogP contribution is 2.18. The predicted molar refractivity (Wildman–Crippen MR) is 65.6 cm³/mol. The molecule has 0 aliphatic rings. The van der Waals surface area contributed by atoms with Crippen LogP contribution in [0.3, 0.4) is 0 Å². The maximum absolute atomic E-state index is 3.31. The van der Waals surface area contributed by atoms with Gasteiger partial charge in [-0.15, -0.1) is 0 Å². The molecule has 0 heterocycles. The summed E-state index contributed by atoms with van der Waals surface area (Å²) < 4.78 is 0. The van der Waals surface area contributed by atoms with Gasteiger partial charge in [0.15, 0.2) is 0 Å². The normalized spacial score (nSPS) is 13.5. The van der Waals surface area contributed by atoms with Crippen molar-refractivity contribution in [2.45, 2.75) is 59.3 Å². The fourth-order valence-electron chi connectivity index (χ4n) is 2.12. The first kappa shape index (κ1) is 14.0. The van der Waals surface area contributed by atoms with Gasteiger partial charge in [-0.1, -0.05) is 46.5 Å². The molecular weight excluding hydrogens is 170 g/mol. The summed E-state index contributed by atoms with van der Waals surface area (Å²) in [7, 11) is 2.07. The Kier molecular flexibility index (Phi) is 9.49. The Morgan fingerprint density at radius 2 is 1.79 bits per heavy atom. The quantitative estimate of drug-likeness (QED) is 0.556. The third-order valence-corrected chi connectivity index (χ3v) is 2.76. The number of nitrogens with one attached hydrogen (secondary N) is 1. The maximum Gasteiger partial charge on any atom is -0.00234 e. The summed E-state index contributed by atoms with van der Waals surface area (Å²) in [6.45, 7) is 8.13. The van der Waals surface area contributed by atoms with E-state index in [1.165, 1.54) is 45.1 Å². The molecule has 0 saturated heterocycles. The maximum atomic E-state index is 3.31. The number of rotatable bonds is 9. The Bertz CT molecular complexity index is 110. The molecule has 0 rings (SSSR count). The summed E-state index contributed by atoms with van der Waals surface area (Å²) in [4.78, 5) is 0. The molecule has 0 aliphatic heterocycles. The lowest BCUT2D eigenvalue weighted by Crippen LogP contribution is -2.20. The van der Waals surface area contributed by atoms with Gasteiger partial charge in [0, 0.05) is 0 Å². The minimum Gasteiger partial charge on any atom is -0.319 e. The molecule has 1 heteroatoms. The van der Waals surface area contributed by atoms with E-state index in [0.29, 0.717) is 0 Å². The molecule has 1 atom stereocenters. The zero-order chi connectivity index (χ0) is 10.8. The SMILES string of the molecule is CCCCCCC(CNC)CC(C)C. The van der Waals surface area contributed by atoms with Gasteiger partial charge in [0.05, 0.1) is 0 Å². The molecule has 0 aromatic carbocycles. The van der Waals surface area contributed by atoms with Crippen molar-refractivity contribution in [2.75, 3.05) is 13.6 Å². The van der Waals surface area contributed by atoms with Crippen molar-refractivity contribution in [3.05, 3.63) is 0 Å². The lowest BCUT2D eigenvalue weighted by molar-refractivity contribution is 0.362. The second kappa shape index (κ2) is 9.51. The van der Waals surface area contributed by atoms with Gasteiger partial charge in [-0.05, 0) is 38.3 Å². The van der Waals surface area contributed by atoms with E-state index in [4.69, 9.17) is 0 Å². The van der Waals surface area contributed by atoms with Gasteiger partial charge in [-0.3, -0.25) is 0 Å². The Morgan fingerprint density at radius 3 is 2.29 bits per heavy atom.